The van der Waals surface area contributed by atoms with E-state index in [1.807, 2.05) is 56.0 Å². The Kier molecular flexibility index (Phi) is 10.6. The highest BCUT2D eigenvalue weighted by Gasteiger charge is 2.42. The van der Waals surface area contributed by atoms with Crippen molar-refractivity contribution in [3.63, 3.8) is 0 Å². The highest BCUT2D eigenvalue weighted by atomic mass is 16.5. The quantitative estimate of drug-likeness (QED) is 0.233. The summed E-state index contributed by atoms with van der Waals surface area (Å²) in [6.07, 6.45) is 5.98. The third-order valence-electron chi connectivity index (χ3n) is 8.96. The van der Waals surface area contributed by atoms with E-state index in [1.54, 1.807) is 13.4 Å². The van der Waals surface area contributed by atoms with Gasteiger partial charge < -0.3 is 34.1 Å². The van der Waals surface area contributed by atoms with Gasteiger partial charge in [-0.1, -0.05) is 43.2 Å². The number of nitrogens with one attached hydrogen (secondary N) is 1. The number of ether oxygens (including phenoxy) is 2. The van der Waals surface area contributed by atoms with Crippen molar-refractivity contribution in [2.24, 2.45) is 4.99 Å². The first-order chi connectivity index (χ1) is 21.3. The van der Waals surface area contributed by atoms with E-state index in [0.717, 1.165) is 53.8 Å². The van der Waals surface area contributed by atoms with Crippen molar-refractivity contribution in [1.29, 1.82) is 0 Å². The van der Waals surface area contributed by atoms with Gasteiger partial charge in [0.25, 0.3) is 0 Å². The first kappa shape index (κ1) is 31.9. The Balaban J connectivity index is 1.25. The number of hydrogen-bond donors (Lipinski definition) is 2. The highest BCUT2D eigenvalue weighted by Crippen LogP contribution is 2.33. The maximum absolute atomic E-state index is 13.8. The third-order valence-corrected chi connectivity index (χ3v) is 8.96. The maximum atomic E-state index is 13.8. The van der Waals surface area contributed by atoms with E-state index >= 15 is 0 Å². The van der Waals surface area contributed by atoms with Crippen LogP contribution >= 0.6 is 0 Å². The average Bonchev–Trinajstić information content (AvgIpc) is 3.42. The van der Waals surface area contributed by atoms with Crippen LogP contribution in [0.15, 0.2) is 51.9 Å². The molecular weight excluding hydrogens is 558 g/mol. The molecule has 1 amide bonds. The van der Waals surface area contributed by atoms with Gasteiger partial charge in [-0.25, -0.2) is 4.98 Å². The van der Waals surface area contributed by atoms with Crippen molar-refractivity contribution in [2.75, 3.05) is 40.0 Å². The van der Waals surface area contributed by atoms with Gasteiger partial charge in [0.1, 0.15) is 22.9 Å². The number of nitrogens with zero attached hydrogens (tertiary/aromatic N) is 4. The Morgan fingerprint density at radius 2 is 2.09 bits per heavy atom. The minimum Gasteiger partial charge on any atom is -0.493 e. The normalized spacial score (nSPS) is 23.2. The number of aromatic nitrogens is 1. The first-order valence-corrected chi connectivity index (χ1v) is 15.8. The summed E-state index contributed by atoms with van der Waals surface area (Å²) in [7, 11) is 1.63. The summed E-state index contributed by atoms with van der Waals surface area (Å²) < 4.78 is 17.4. The number of carbonyl (C=O) groups excluding carboxylic acids is 1. The van der Waals surface area contributed by atoms with Gasteiger partial charge in [0.2, 0.25) is 5.91 Å². The van der Waals surface area contributed by atoms with Crippen molar-refractivity contribution in [2.45, 2.75) is 83.1 Å². The molecule has 10 nitrogen and oxygen atoms in total. The van der Waals surface area contributed by atoms with E-state index in [9.17, 15) is 9.90 Å². The molecule has 0 bridgehead atoms. The number of piperazine rings is 1. The molecule has 238 valence electrons. The average molecular weight is 606 g/mol. The third kappa shape index (κ3) is 7.42. The summed E-state index contributed by atoms with van der Waals surface area (Å²) in [6, 6.07) is 13.3. The smallest absolute Gasteiger partial charge is 0.247 e. The molecule has 44 heavy (non-hydrogen) atoms. The minimum atomic E-state index is -0.972. The Morgan fingerprint density at radius 3 is 2.89 bits per heavy atom. The van der Waals surface area contributed by atoms with Crippen molar-refractivity contribution < 1.29 is 23.8 Å². The summed E-state index contributed by atoms with van der Waals surface area (Å²) >= 11 is 0. The molecule has 1 aliphatic carbocycles. The molecule has 1 aliphatic heterocycles. The van der Waals surface area contributed by atoms with Crippen LogP contribution in [0, 0.1) is 13.8 Å². The molecular formula is C34H47N5O5. The molecule has 1 saturated carbocycles. The van der Waals surface area contributed by atoms with E-state index in [2.05, 4.69) is 27.3 Å². The lowest BCUT2D eigenvalue weighted by atomic mass is 9.80. The predicted octanol–water partition coefficient (Wildman–Crippen LogP) is 4.25. The van der Waals surface area contributed by atoms with Gasteiger partial charge in [0, 0.05) is 58.2 Å². The van der Waals surface area contributed by atoms with Crippen molar-refractivity contribution >= 4 is 23.3 Å². The Hall–Kier alpha value is -3.47. The van der Waals surface area contributed by atoms with Crippen molar-refractivity contribution in [3.8, 4) is 5.75 Å². The molecule has 1 aromatic heterocycles. The number of hydrogen-bond acceptors (Lipinski definition) is 8. The second-order valence-corrected chi connectivity index (χ2v) is 12.2. The number of rotatable bonds is 12. The van der Waals surface area contributed by atoms with Gasteiger partial charge in [-0.15, -0.1) is 0 Å². The number of fused-ring (bicyclic) bond motifs is 1. The molecule has 2 N–H and O–H groups in total. The maximum Gasteiger partial charge on any atom is 0.247 e. The monoisotopic (exact) mass is 605 g/mol. The number of benzene rings is 2. The number of methoxy groups -OCH3 is 1. The Labute approximate surface area is 260 Å². The van der Waals surface area contributed by atoms with Gasteiger partial charge in [0.15, 0.2) is 11.5 Å². The summed E-state index contributed by atoms with van der Waals surface area (Å²) in [5, 5.41) is 15.0. The first-order valence-electron chi connectivity index (χ1n) is 15.8. The molecule has 2 aliphatic rings. The van der Waals surface area contributed by atoms with Crippen molar-refractivity contribution in [3.05, 3.63) is 59.5 Å². The summed E-state index contributed by atoms with van der Waals surface area (Å²) in [5.74, 6) is 1.40. The lowest BCUT2D eigenvalue weighted by molar-refractivity contribution is -0.135. The Bertz CT molecular complexity index is 1410. The topological polar surface area (TPSA) is 113 Å². The summed E-state index contributed by atoms with van der Waals surface area (Å²) in [6.45, 7) is 9.07. The van der Waals surface area contributed by atoms with E-state index < -0.39 is 11.6 Å². The fraction of sp³-hybridized carbons (Fsp3) is 0.559. The van der Waals surface area contributed by atoms with Crippen LogP contribution in [0.3, 0.4) is 0 Å². The second kappa shape index (κ2) is 14.5. The van der Waals surface area contributed by atoms with Crippen LogP contribution in [-0.2, 0) is 16.1 Å². The molecule has 0 radical (unpaired) electrons. The standard InChI is InChI=1S/C34H47N5O5/c1-24-30(14-13-29-32(24)44-26(3)37-29)43-19-15-28-20-35-17-18-39(28)33(40)25(2)36-23-38(21-27-10-6-5-7-11-27)31-12-8-9-16-34(31,41)22-42-4/h5-7,10-11,13-14,23,25,28,31,35,41H,8-9,12,15-22H2,1-4H3/t25?,28-,31-,34-/m1/s1. The Morgan fingerprint density at radius 1 is 1.27 bits per heavy atom. The number of aliphatic imine (C=N–C) groups is 1. The zero-order valence-corrected chi connectivity index (χ0v) is 26.5. The van der Waals surface area contributed by atoms with Gasteiger partial charge >= 0.3 is 0 Å². The fourth-order valence-corrected chi connectivity index (χ4v) is 6.60. The van der Waals surface area contributed by atoms with Crippen LogP contribution in [-0.4, -0.2) is 95.8 Å². The van der Waals surface area contributed by atoms with Gasteiger partial charge in [0.05, 0.1) is 25.6 Å². The van der Waals surface area contributed by atoms with Gasteiger partial charge in [-0.2, -0.15) is 0 Å². The lowest BCUT2D eigenvalue weighted by Crippen LogP contribution is -2.57. The largest absolute Gasteiger partial charge is 0.493 e. The number of aryl methyl sites for hydroxylation is 2. The predicted molar refractivity (Wildman–Crippen MR) is 171 cm³/mol. The van der Waals surface area contributed by atoms with Gasteiger partial charge in [-0.05, 0) is 44.4 Å². The number of carbonyl (C=O) groups is 1. The second-order valence-electron chi connectivity index (χ2n) is 12.2. The molecule has 4 atom stereocenters. The molecule has 3 aromatic rings. The molecule has 1 unspecified atom stereocenters. The molecule has 1 saturated heterocycles. The molecule has 2 fully saturated rings. The van der Waals surface area contributed by atoms with Crippen LogP contribution < -0.4 is 10.1 Å². The number of amides is 1. The minimum absolute atomic E-state index is 0.00190. The SMILES string of the molecule is COC[C@]1(O)CCCC[C@H]1N(C=NC(C)C(=O)N1CCNC[C@H]1CCOc1ccc2nc(C)oc2c1C)Cc1ccccc1. The summed E-state index contributed by atoms with van der Waals surface area (Å²) in [4.78, 5) is 27.0. The molecule has 2 aromatic carbocycles. The zero-order chi connectivity index (χ0) is 31.1. The van der Waals surface area contributed by atoms with E-state index in [4.69, 9.17) is 18.9 Å². The molecule has 10 heteroatoms. The molecule has 5 rings (SSSR count). The summed E-state index contributed by atoms with van der Waals surface area (Å²) in [5.41, 5.74) is 2.65. The van der Waals surface area contributed by atoms with Gasteiger partial charge in [-0.3, -0.25) is 9.79 Å². The van der Waals surface area contributed by atoms with Crippen LogP contribution in [0.2, 0.25) is 0 Å². The lowest BCUT2D eigenvalue weighted by Gasteiger charge is -2.45. The zero-order valence-electron chi connectivity index (χ0n) is 26.5. The molecule has 2 heterocycles. The van der Waals surface area contributed by atoms with Crippen LogP contribution in [0.4, 0.5) is 0 Å². The van der Waals surface area contributed by atoms with Crippen LogP contribution in [0.1, 0.15) is 56.0 Å². The number of oxazole rings is 1. The van der Waals surface area contributed by atoms with Crippen molar-refractivity contribution in [1.82, 2.24) is 20.1 Å². The van der Waals surface area contributed by atoms with E-state index in [0.29, 0.717) is 45.0 Å². The van der Waals surface area contributed by atoms with E-state index in [1.165, 1.54) is 0 Å². The van der Waals surface area contributed by atoms with Crippen LogP contribution in [0.25, 0.3) is 11.1 Å². The van der Waals surface area contributed by atoms with Crippen LogP contribution in [0.5, 0.6) is 5.75 Å². The molecule has 0 spiro atoms. The van der Waals surface area contributed by atoms with E-state index in [-0.39, 0.29) is 24.6 Å². The highest BCUT2D eigenvalue weighted by molar-refractivity contribution is 5.83. The number of aliphatic hydroxyl groups is 1. The fourth-order valence-electron chi connectivity index (χ4n) is 6.60.